The number of benzene rings is 1. The minimum atomic E-state index is -0.275. The molecule has 1 saturated heterocycles. The number of nitrogens with two attached hydrogens (primary N) is 1. The molecule has 1 aliphatic heterocycles. The van der Waals surface area contributed by atoms with E-state index in [4.69, 9.17) is 5.73 Å². The van der Waals surface area contributed by atoms with Gasteiger partial charge in [0.1, 0.15) is 0 Å². The van der Waals surface area contributed by atoms with Crippen LogP contribution in [0.1, 0.15) is 23.7 Å². The van der Waals surface area contributed by atoms with Crippen LogP contribution < -0.4 is 5.73 Å². The van der Waals surface area contributed by atoms with Crippen molar-refractivity contribution in [3.63, 3.8) is 0 Å². The van der Waals surface area contributed by atoms with Crippen LogP contribution in [0.3, 0.4) is 0 Å². The van der Waals surface area contributed by atoms with Crippen LogP contribution in [-0.2, 0) is 0 Å². The number of hydrogen-bond donors (Lipinski definition) is 3. The Balaban J connectivity index is 2.14. The van der Waals surface area contributed by atoms with Gasteiger partial charge in [0.05, 0.1) is 0 Å². The fourth-order valence-corrected chi connectivity index (χ4v) is 2.19. The molecule has 1 aliphatic rings. The molecule has 1 aromatic carbocycles. The van der Waals surface area contributed by atoms with E-state index >= 15 is 0 Å². The zero-order valence-corrected chi connectivity index (χ0v) is 10.3. The highest BCUT2D eigenvalue weighted by atomic mass is 16.3. The molecule has 1 heterocycles. The fourth-order valence-electron chi connectivity index (χ4n) is 2.19. The lowest BCUT2D eigenvalue weighted by Gasteiger charge is -2.35. The van der Waals surface area contributed by atoms with Gasteiger partial charge in [0.25, 0.3) is 5.91 Å². The monoisotopic (exact) mass is 250 g/mol. The summed E-state index contributed by atoms with van der Waals surface area (Å²) in [5, 5.41) is 18.6. The lowest BCUT2D eigenvalue weighted by molar-refractivity contribution is 0.0663. The predicted molar refractivity (Wildman–Crippen MR) is 67.4 cm³/mol. The molecule has 5 heteroatoms. The molecule has 2 rings (SSSR count). The minimum absolute atomic E-state index is 0.135. The lowest BCUT2D eigenvalue weighted by Crippen LogP contribution is -2.48. The van der Waals surface area contributed by atoms with Crippen LogP contribution in [0.5, 0.6) is 11.5 Å². The molecule has 1 fully saturated rings. The van der Waals surface area contributed by atoms with Crippen molar-refractivity contribution in [2.75, 3.05) is 13.1 Å². The molecule has 0 saturated carbocycles. The molecule has 0 bridgehead atoms. The first kappa shape index (κ1) is 12.7. The first-order chi connectivity index (χ1) is 8.49. The van der Waals surface area contributed by atoms with Gasteiger partial charge in [-0.3, -0.25) is 4.79 Å². The van der Waals surface area contributed by atoms with Crippen molar-refractivity contribution in [3.8, 4) is 11.5 Å². The number of hydrogen-bond acceptors (Lipinski definition) is 4. The number of phenolic OH excluding ortho intramolecular Hbond substituents is 2. The number of nitrogens with zero attached hydrogens (tertiary/aromatic N) is 1. The van der Waals surface area contributed by atoms with Gasteiger partial charge < -0.3 is 20.8 Å². The van der Waals surface area contributed by atoms with Crippen LogP contribution in [0.25, 0.3) is 0 Å². The Kier molecular flexibility index (Phi) is 3.43. The molecule has 5 nitrogen and oxygen atoms in total. The Bertz CT molecular complexity index is 462. The average molecular weight is 250 g/mol. The fraction of sp³-hybridized carbons (Fsp3) is 0.462. The smallest absolute Gasteiger partial charge is 0.254 e. The molecule has 98 valence electrons. The van der Waals surface area contributed by atoms with E-state index in [0.29, 0.717) is 18.7 Å². The largest absolute Gasteiger partial charge is 0.504 e. The van der Waals surface area contributed by atoms with E-state index in [-0.39, 0.29) is 29.4 Å². The summed E-state index contributed by atoms with van der Waals surface area (Å²) in [6.07, 6.45) is 0.789. The molecule has 0 radical (unpaired) electrons. The van der Waals surface area contributed by atoms with E-state index in [1.165, 1.54) is 18.2 Å². The predicted octanol–water partition coefficient (Wildman–Crippen LogP) is 0.907. The molecule has 1 aromatic rings. The summed E-state index contributed by atoms with van der Waals surface area (Å²) in [5.41, 5.74) is 6.29. The van der Waals surface area contributed by atoms with Gasteiger partial charge in [-0.1, -0.05) is 6.92 Å². The molecule has 4 N–H and O–H groups in total. The normalized spacial score (nSPS) is 24.0. The molecular formula is C13H18N2O3. The topological polar surface area (TPSA) is 86.8 Å². The molecule has 2 unspecified atom stereocenters. The molecule has 0 aromatic heterocycles. The van der Waals surface area contributed by atoms with Gasteiger partial charge in [-0.2, -0.15) is 0 Å². The summed E-state index contributed by atoms with van der Waals surface area (Å²) in [4.78, 5) is 13.9. The van der Waals surface area contributed by atoms with Gasteiger partial charge >= 0.3 is 0 Å². The summed E-state index contributed by atoms with van der Waals surface area (Å²) >= 11 is 0. The average Bonchev–Trinajstić information content (AvgIpc) is 2.35. The van der Waals surface area contributed by atoms with Gasteiger partial charge in [-0.15, -0.1) is 0 Å². The van der Waals surface area contributed by atoms with Crippen LogP contribution in [-0.4, -0.2) is 40.2 Å². The number of phenols is 2. The summed E-state index contributed by atoms with van der Waals surface area (Å²) < 4.78 is 0. The van der Waals surface area contributed by atoms with Crippen molar-refractivity contribution in [1.82, 2.24) is 4.90 Å². The van der Waals surface area contributed by atoms with Gasteiger partial charge in [0, 0.05) is 24.7 Å². The first-order valence-electron chi connectivity index (χ1n) is 6.06. The number of amides is 1. The Morgan fingerprint density at radius 1 is 1.39 bits per heavy atom. The maximum Gasteiger partial charge on any atom is 0.254 e. The lowest BCUT2D eigenvalue weighted by atomic mass is 9.94. The molecule has 2 atom stereocenters. The molecule has 18 heavy (non-hydrogen) atoms. The van der Waals surface area contributed by atoms with Gasteiger partial charge in [-0.25, -0.2) is 0 Å². The Morgan fingerprint density at radius 2 is 2.11 bits per heavy atom. The SMILES string of the molecule is CC1CN(C(=O)c2ccc(O)c(O)c2)CCC1N. The van der Waals surface area contributed by atoms with Crippen molar-refractivity contribution >= 4 is 5.91 Å². The summed E-state index contributed by atoms with van der Waals surface area (Å²) in [6.45, 7) is 3.28. The zero-order valence-electron chi connectivity index (χ0n) is 10.3. The van der Waals surface area contributed by atoms with E-state index in [9.17, 15) is 15.0 Å². The second-order valence-electron chi connectivity index (χ2n) is 4.88. The van der Waals surface area contributed by atoms with Crippen LogP contribution in [0.15, 0.2) is 18.2 Å². The van der Waals surface area contributed by atoms with Crippen LogP contribution in [0, 0.1) is 5.92 Å². The van der Waals surface area contributed by atoms with E-state index in [1.54, 1.807) is 4.90 Å². The summed E-state index contributed by atoms with van der Waals surface area (Å²) in [6, 6.07) is 4.26. The Hall–Kier alpha value is -1.75. The van der Waals surface area contributed by atoms with Crippen molar-refractivity contribution < 1.29 is 15.0 Å². The number of carbonyl (C=O) groups is 1. The Labute approximate surface area is 106 Å². The highest BCUT2D eigenvalue weighted by molar-refractivity contribution is 5.95. The van der Waals surface area contributed by atoms with E-state index in [2.05, 4.69) is 0 Å². The second-order valence-corrected chi connectivity index (χ2v) is 4.88. The highest BCUT2D eigenvalue weighted by Gasteiger charge is 2.27. The number of rotatable bonds is 1. The molecular weight excluding hydrogens is 232 g/mol. The molecule has 0 spiro atoms. The van der Waals surface area contributed by atoms with Crippen LogP contribution in [0.2, 0.25) is 0 Å². The van der Waals surface area contributed by atoms with Crippen molar-refractivity contribution in [1.29, 1.82) is 0 Å². The van der Waals surface area contributed by atoms with E-state index in [0.717, 1.165) is 6.42 Å². The highest BCUT2D eigenvalue weighted by Crippen LogP contribution is 2.26. The summed E-state index contributed by atoms with van der Waals surface area (Å²) in [5.74, 6) is -0.361. The first-order valence-corrected chi connectivity index (χ1v) is 6.06. The maximum atomic E-state index is 12.2. The zero-order chi connectivity index (χ0) is 13.3. The van der Waals surface area contributed by atoms with Gasteiger partial charge in [0.2, 0.25) is 0 Å². The third-order valence-corrected chi connectivity index (χ3v) is 3.48. The van der Waals surface area contributed by atoms with Gasteiger partial charge in [0.15, 0.2) is 11.5 Å². The van der Waals surface area contributed by atoms with E-state index in [1.807, 2.05) is 6.92 Å². The third-order valence-electron chi connectivity index (χ3n) is 3.48. The number of piperidine rings is 1. The maximum absolute atomic E-state index is 12.2. The number of aromatic hydroxyl groups is 2. The summed E-state index contributed by atoms with van der Waals surface area (Å²) in [7, 11) is 0. The van der Waals surface area contributed by atoms with Crippen molar-refractivity contribution in [2.45, 2.75) is 19.4 Å². The second kappa shape index (κ2) is 4.86. The number of likely N-dealkylation sites (tertiary alicyclic amines) is 1. The van der Waals surface area contributed by atoms with Gasteiger partial charge in [-0.05, 0) is 30.5 Å². The minimum Gasteiger partial charge on any atom is -0.504 e. The van der Waals surface area contributed by atoms with Crippen LogP contribution >= 0.6 is 0 Å². The molecule has 0 aliphatic carbocycles. The Morgan fingerprint density at radius 3 is 2.72 bits per heavy atom. The van der Waals surface area contributed by atoms with Crippen LogP contribution in [0.4, 0.5) is 0 Å². The standard InChI is InChI=1S/C13H18N2O3/c1-8-7-15(5-4-10(8)14)13(18)9-2-3-11(16)12(17)6-9/h2-3,6,8,10,16-17H,4-5,7,14H2,1H3. The number of carbonyl (C=O) groups excluding carboxylic acids is 1. The van der Waals surface area contributed by atoms with Crippen molar-refractivity contribution in [3.05, 3.63) is 23.8 Å². The quantitative estimate of drug-likeness (QED) is 0.646. The third kappa shape index (κ3) is 2.41. The molecule has 1 amide bonds. The van der Waals surface area contributed by atoms with Crippen molar-refractivity contribution in [2.24, 2.45) is 11.7 Å². The van der Waals surface area contributed by atoms with E-state index < -0.39 is 0 Å².